The van der Waals surface area contributed by atoms with Crippen molar-refractivity contribution < 1.29 is 27.4 Å². The third-order valence-electron chi connectivity index (χ3n) is 3.32. The van der Waals surface area contributed by atoms with Crippen molar-refractivity contribution in [1.82, 2.24) is 0 Å². The van der Waals surface area contributed by atoms with Crippen LogP contribution in [0, 0.1) is 5.82 Å². The molecule has 2 aromatic carbocycles. The van der Waals surface area contributed by atoms with Gasteiger partial charge in [0.1, 0.15) is 5.82 Å². The molecule has 0 bridgehead atoms. The molecule has 3 N–H and O–H groups in total. The first-order valence-electron chi connectivity index (χ1n) is 6.87. The van der Waals surface area contributed by atoms with Gasteiger partial charge in [0.25, 0.3) is 15.9 Å². The van der Waals surface area contributed by atoms with E-state index in [0.717, 1.165) is 6.07 Å². The van der Waals surface area contributed by atoms with Crippen LogP contribution in [-0.2, 0) is 10.0 Å². The Morgan fingerprint density at radius 1 is 1.04 bits per heavy atom. The van der Waals surface area contributed by atoms with Crippen molar-refractivity contribution in [2.75, 3.05) is 4.72 Å². The number of halogens is 2. The third kappa shape index (κ3) is 3.26. The summed E-state index contributed by atoms with van der Waals surface area (Å²) in [4.78, 5) is -0.0654. The highest BCUT2D eigenvalue weighted by Crippen LogP contribution is 2.46. The zero-order valence-electron chi connectivity index (χ0n) is 12.4. The van der Waals surface area contributed by atoms with Crippen molar-refractivity contribution in [2.24, 2.45) is 0 Å². The standard InChI is InChI=1S/C16H11ClFNO5S/c17-11-7-6-9(8-12(11)18)15-13(20)14(21)16(24-15)19-25(22,23)10-4-2-1-3-5-10/h1-8,19-21H. The van der Waals surface area contributed by atoms with Gasteiger partial charge in [0.2, 0.25) is 11.5 Å². The molecule has 1 heterocycles. The van der Waals surface area contributed by atoms with Gasteiger partial charge in [0.05, 0.1) is 9.92 Å². The van der Waals surface area contributed by atoms with Crippen LogP contribution in [0.4, 0.5) is 10.3 Å². The van der Waals surface area contributed by atoms with E-state index >= 15 is 0 Å². The van der Waals surface area contributed by atoms with Gasteiger partial charge in [-0.25, -0.2) is 17.5 Å². The first-order chi connectivity index (χ1) is 11.8. The van der Waals surface area contributed by atoms with Crippen molar-refractivity contribution in [3.8, 4) is 22.8 Å². The Balaban J connectivity index is 2.01. The molecular weight excluding hydrogens is 373 g/mol. The average Bonchev–Trinajstić information content (AvgIpc) is 2.86. The zero-order valence-corrected chi connectivity index (χ0v) is 14.0. The van der Waals surface area contributed by atoms with E-state index in [1.807, 2.05) is 4.72 Å². The lowest BCUT2D eigenvalue weighted by Gasteiger charge is -2.05. The largest absolute Gasteiger partial charge is 0.502 e. The molecule has 0 fully saturated rings. The highest BCUT2D eigenvalue weighted by molar-refractivity contribution is 7.92. The van der Waals surface area contributed by atoms with Crippen LogP contribution in [0.5, 0.6) is 11.5 Å². The summed E-state index contributed by atoms with van der Waals surface area (Å²) >= 11 is 5.59. The van der Waals surface area contributed by atoms with Crippen LogP contribution in [0.2, 0.25) is 5.02 Å². The number of hydrogen-bond acceptors (Lipinski definition) is 5. The van der Waals surface area contributed by atoms with E-state index in [1.54, 1.807) is 6.07 Å². The van der Waals surface area contributed by atoms with Crippen molar-refractivity contribution in [3.05, 3.63) is 59.4 Å². The SMILES string of the molecule is O=S(=O)(Nc1oc(-c2ccc(Cl)c(F)c2)c(O)c1O)c1ccccc1. The second kappa shape index (κ2) is 6.30. The van der Waals surface area contributed by atoms with Gasteiger partial charge in [-0.15, -0.1) is 0 Å². The summed E-state index contributed by atoms with van der Waals surface area (Å²) in [7, 11) is -4.05. The predicted octanol–water partition coefficient (Wildman–Crippen LogP) is 3.95. The van der Waals surface area contributed by atoms with Crippen LogP contribution >= 0.6 is 11.6 Å². The number of nitrogens with one attached hydrogen (secondary N) is 1. The Morgan fingerprint density at radius 2 is 1.72 bits per heavy atom. The van der Waals surface area contributed by atoms with Gasteiger partial charge in [-0.3, -0.25) is 0 Å². The fourth-order valence-electron chi connectivity index (χ4n) is 2.10. The van der Waals surface area contributed by atoms with Crippen molar-refractivity contribution in [1.29, 1.82) is 0 Å². The molecule has 25 heavy (non-hydrogen) atoms. The summed E-state index contributed by atoms with van der Waals surface area (Å²) in [5, 5.41) is 19.8. The molecule has 0 spiro atoms. The van der Waals surface area contributed by atoms with E-state index in [2.05, 4.69) is 0 Å². The second-order valence-corrected chi connectivity index (χ2v) is 7.09. The Labute approximate surface area is 147 Å². The first kappa shape index (κ1) is 17.1. The maximum absolute atomic E-state index is 13.6. The number of rotatable bonds is 4. The lowest BCUT2D eigenvalue weighted by atomic mass is 10.1. The molecular formula is C16H11ClFNO5S. The molecule has 130 valence electrons. The summed E-state index contributed by atoms with van der Waals surface area (Å²) in [6.45, 7) is 0. The Hall–Kier alpha value is -2.71. The lowest BCUT2D eigenvalue weighted by Crippen LogP contribution is -2.12. The zero-order chi connectivity index (χ0) is 18.2. The van der Waals surface area contributed by atoms with Gasteiger partial charge in [-0.2, -0.15) is 0 Å². The minimum Gasteiger partial charge on any atom is -0.502 e. The number of benzene rings is 2. The summed E-state index contributed by atoms with van der Waals surface area (Å²) in [5.41, 5.74) is 0.0693. The van der Waals surface area contributed by atoms with E-state index in [4.69, 9.17) is 16.0 Å². The van der Waals surface area contributed by atoms with Crippen LogP contribution in [0.3, 0.4) is 0 Å². The van der Waals surface area contributed by atoms with Crippen molar-refractivity contribution >= 4 is 27.5 Å². The monoisotopic (exact) mass is 383 g/mol. The molecule has 3 aromatic rings. The van der Waals surface area contributed by atoms with Gasteiger partial charge in [0, 0.05) is 5.56 Å². The topological polar surface area (TPSA) is 99.8 Å². The Bertz CT molecular complexity index is 1030. The molecule has 0 aliphatic heterocycles. The fourth-order valence-corrected chi connectivity index (χ4v) is 3.23. The molecule has 9 heteroatoms. The smallest absolute Gasteiger partial charge is 0.264 e. The van der Waals surface area contributed by atoms with Crippen LogP contribution in [-0.4, -0.2) is 18.6 Å². The molecule has 0 radical (unpaired) electrons. The maximum Gasteiger partial charge on any atom is 0.264 e. The Morgan fingerprint density at radius 3 is 2.36 bits per heavy atom. The van der Waals surface area contributed by atoms with Crippen LogP contribution < -0.4 is 4.72 Å². The van der Waals surface area contributed by atoms with E-state index in [1.165, 1.54) is 36.4 Å². The van der Waals surface area contributed by atoms with Crippen LogP contribution in [0.15, 0.2) is 57.8 Å². The molecule has 0 saturated heterocycles. The lowest BCUT2D eigenvalue weighted by molar-refractivity contribution is 0.410. The number of anilines is 1. The van der Waals surface area contributed by atoms with Crippen molar-refractivity contribution in [3.63, 3.8) is 0 Å². The van der Waals surface area contributed by atoms with E-state index in [-0.39, 0.29) is 21.2 Å². The summed E-state index contributed by atoms with van der Waals surface area (Å²) in [6.07, 6.45) is 0. The predicted molar refractivity (Wildman–Crippen MR) is 89.7 cm³/mol. The van der Waals surface area contributed by atoms with Gasteiger partial charge in [0.15, 0.2) is 5.76 Å². The van der Waals surface area contributed by atoms with Crippen LogP contribution in [0.25, 0.3) is 11.3 Å². The number of furan rings is 1. The van der Waals surface area contributed by atoms with Gasteiger partial charge >= 0.3 is 0 Å². The minimum absolute atomic E-state index is 0.0654. The summed E-state index contributed by atoms with van der Waals surface area (Å²) in [6, 6.07) is 10.9. The fraction of sp³-hybridized carbons (Fsp3) is 0. The molecule has 0 saturated carbocycles. The second-order valence-electron chi connectivity index (χ2n) is 5.00. The normalized spacial score (nSPS) is 11.4. The number of hydrogen-bond donors (Lipinski definition) is 3. The first-order valence-corrected chi connectivity index (χ1v) is 8.73. The quantitative estimate of drug-likeness (QED) is 0.633. The average molecular weight is 384 g/mol. The maximum atomic E-state index is 13.6. The van der Waals surface area contributed by atoms with Crippen LogP contribution in [0.1, 0.15) is 0 Å². The van der Waals surface area contributed by atoms with Gasteiger partial charge in [-0.05, 0) is 30.3 Å². The third-order valence-corrected chi connectivity index (χ3v) is 4.97. The molecule has 0 amide bonds. The number of sulfonamides is 1. The minimum atomic E-state index is -4.05. The van der Waals surface area contributed by atoms with Crippen molar-refractivity contribution in [2.45, 2.75) is 4.90 Å². The van der Waals surface area contributed by atoms with E-state index in [9.17, 15) is 23.0 Å². The van der Waals surface area contributed by atoms with E-state index < -0.39 is 33.2 Å². The molecule has 0 unspecified atom stereocenters. The van der Waals surface area contributed by atoms with E-state index in [0.29, 0.717) is 0 Å². The van der Waals surface area contributed by atoms with Gasteiger partial charge < -0.3 is 14.6 Å². The molecule has 0 aliphatic rings. The number of aromatic hydroxyl groups is 2. The molecule has 1 aromatic heterocycles. The highest BCUT2D eigenvalue weighted by Gasteiger charge is 2.25. The Kier molecular flexibility index (Phi) is 4.32. The molecule has 3 rings (SSSR count). The molecule has 0 aliphatic carbocycles. The van der Waals surface area contributed by atoms with Gasteiger partial charge in [-0.1, -0.05) is 29.8 Å². The molecule has 0 atom stereocenters. The summed E-state index contributed by atoms with van der Waals surface area (Å²) in [5.74, 6) is -3.20. The molecule has 6 nitrogen and oxygen atoms in total. The highest BCUT2D eigenvalue weighted by atomic mass is 35.5. The summed E-state index contributed by atoms with van der Waals surface area (Å²) < 4.78 is 45.3.